The highest BCUT2D eigenvalue weighted by Crippen LogP contribution is 2.28. The first kappa shape index (κ1) is 18.6. The van der Waals surface area contributed by atoms with E-state index in [1.165, 1.54) is 12.1 Å². The first-order valence-electron chi connectivity index (χ1n) is 7.99. The lowest BCUT2D eigenvalue weighted by atomic mass is 10.2. The summed E-state index contributed by atoms with van der Waals surface area (Å²) in [6.07, 6.45) is 0.172. The van der Waals surface area contributed by atoms with Gasteiger partial charge >= 0.3 is 0 Å². The minimum atomic E-state index is -4.09. The van der Waals surface area contributed by atoms with Gasteiger partial charge in [0.05, 0.1) is 4.90 Å². The summed E-state index contributed by atoms with van der Waals surface area (Å²) in [4.78, 5) is 24.9. The van der Waals surface area contributed by atoms with E-state index in [2.05, 4.69) is 21.2 Å². The van der Waals surface area contributed by atoms with E-state index in [1.807, 2.05) is 13.0 Å². The monoisotopic (exact) mass is 436 g/mol. The number of hydrogen-bond acceptors (Lipinski definition) is 4. The van der Waals surface area contributed by atoms with Crippen LogP contribution >= 0.6 is 15.9 Å². The molecular formula is C18H17BrN2O4S. The van der Waals surface area contributed by atoms with Crippen molar-refractivity contribution in [3.05, 3.63) is 58.6 Å². The molecule has 0 aromatic heterocycles. The van der Waals surface area contributed by atoms with Crippen LogP contribution in [-0.4, -0.2) is 30.6 Å². The van der Waals surface area contributed by atoms with Gasteiger partial charge in [-0.25, -0.2) is 12.7 Å². The van der Waals surface area contributed by atoms with Gasteiger partial charge in [-0.15, -0.1) is 0 Å². The molecule has 0 aliphatic carbocycles. The molecule has 2 amide bonds. The Morgan fingerprint density at radius 1 is 1.19 bits per heavy atom. The van der Waals surface area contributed by atoms with Crippen LogP contribution in [0.15, 0.2) is 57.9 Å². The van der Waals surface area contributed by atoms with Crippen LogP contribution in [0.5, 0.6) is 0 Å². The van der Waals surface area contributed by atoms with Crippen molar-refractivity contribution in [2.75, 3.05) is 5.32 Å². The molecule has 136 valence electrons. The summed E-state index contributed by atoms with van der Waals surface area (Å²) in [5, 5.41) is 2.68. The number of nitrogens with one attached hydrogen (secondary N) is 1. The summed E-state index contributed by atoms with van der Waals surface area (Å²) in [6.45, 7) is 1.84. The third-order valence-electron chi connectivity index (χ3n) is 4.13. The number of carbonyl (C=O) groups is 2. The number of rotatable bonds is 4. The largest absolute Gasteiger partial charge is 0.324 e. The molecule has 0 radical (unpaired) electrons. The lowest BCUT2D eigenvalue weighted by molar-refractivity contribution is -0.128. The standard InChI is InChI=1S/C18H17BrN2O4S/c1-12-5-7-15(8-6-12)26(24,25)21-16(9-10-17(21)22)18(23)20-14-4-2-3-13(19)11-14/h2-8,11,16H,9-10H2,1H3,(H,20,23)/t16-/m0/s1. The Balaban J connectivity index is 1.88. The number of benzene rings is 2. The number of amides is 2. The second kappa shape index (κ2) is 7.20. The molecule has 1 N–H and O–H groups in total. The van der Waals surface area contributed by atoms with Crippen molar-refractivity contribution in [1.29, 1.82) is 0 Å². The quantitative estimate of drug-likeness (QED) is 0.797. The predicted molar refractivity (Wildman–Crippen MR) is 101 cm³/mol. The van der Waals surface area contributed by atoms with Crippen molar-refractivity contribution in [1.82, 2.24) is 4.31 Å². The Morgan fingerprint density at radius 2 is 1.88 bits per heavy atom. The van der Waals surface area contributed by atoms with Crippen molar-refractivity contribution in [3.8, 4) is 0 Å². The molecule has 1 heterocycles. The fourth-order valence-corrected chi connectivity index (χ4v) is 4.82. The van der Waals surface area contributed by atoms with Gasteiger partial charge in [0.2, 0.25) is 11.8 Å². The SMILES string of the molecule is Cc1ccc(S(=O)(=O)N2C(=O)CC[C@H]2C(=O)Nc2cccc(Br)c2)cc1. The second-order valence-corrected chi connectivity index (χ2v) is 8.79. The van der Waals surface area contributed by atoms with E-state index < -0.39 is 27.9 Å². The molecule has 8 heteroatoms. The summed E-state index contributed by atoms with van der Waals surface area (Å²) in [6, 6.07) is 12.1. The van der Waals surface area contributed by atoms with Crippen molar-refractivity contribution >= 4 is 43.5 Å². The molecule has 1 aliphatic rings. The third kappa shape index (κ3) is 3.66. The smallest absolute Gasteiger partial charge is 0.267 e. The maximum Gasteiger partial charge on any atom is 0.267 e. The molecule has 1 aliphatic heterocycles. The van der Waals surface area contributed by atoms with Gasteiger partial charge in [-0.3, -0.25) is 9.59 Å². The van der Waals surface area contributed by atoms with E-state index in [4.69, 9.17) is 0 Å². The van der Waals surface area contributed by atoms with E-state index in [9.17, 15) is 18.0 Å². The van der Waals surface area contributed by atoms with Gasteiger partial charge in [-0.1, -0.05) is 39.7 Å². The van der Waals surface area contributed by atoms with Gasteiger partial charge in [0, 0.05) is 16.6 Å². The van der Waals surface area contributed by atoms with E-state index in [0.29, 0.717) is 9.99 Å². The Labute approximate surface area is 160 Å². The van der Waals surface area contributed by atoms with Crippen LogP contribution in [0, 0.1) is 6.92 Å². The minimum Gasteiger partial charge on any atom is -0.324 e. The van der Waals surface area contributed by atoms with Gasteiger partial charge in [0.1, 0.15) is 6.04 Å². The van der Waals surface area contributed by atoms with Crippen molar-refractivity contribution in [2.45, 2.75) is 30.7 Å². The summed E-state index contributed by atoms with van der Waals surface area (Å²) < 4.78 is 27.3. The Hall–Kier alpha value is -2.19. The van der Waals surface area contributed by atoms with Gasteiger partial charge < -0.3 is 5.32 Å². The van der Waals surface area contributed by atoms with Crippen LogP contribution in [0.3, 0.4) is 0 Å². The molecule has 1 atom stereocenters. The van der Waals surface area contributed by atoms with Crippen LogP contribution in [0.1, 0.15) is 18.4 Å². The van der Waals surface area contributed by atoms with Crippen LogP contribution < -0.4 is 5.32 Å². The number of halogens is 1. The molecule has 0 unspecified atom stereocenters. The number of nitrogens with zero attached hydrogens (tertiary/aromatic N) is 1. The maximum absolute atomic E-state index is 12.9. The average molecular weight is 437 g/mol. The lowest BCUT2D eigenvalue weighted by Crippen LogP contribution is -2.45. The zero-order valence-electron chi connectivity index (χ0n) is 14.0. The molecule has 0 bridgehead atoms. The fraction of sp³-hybridized carbons (Fsp3) is 0.222. The molecule has 2 aromatic carbocycles. The molecule has 2 aromatic rings. The van der Waals surface area contributed by atoms with Crippen molar-refractivity contribution in [2.24, 2.45) is 0 Å². The van der Waals surface area contributed by atoms with Crippen molar-refractivity contribution < 1.29 is 18.0 Å². The normalized spacial score (nSPS) is 17.4. The highest BCUT2D eigenvalue weighted by molar-refractivity contribution is 9.10. The van der Waals surface area contributed by atoms with Gasteiger partial charge in [-0.05, 0) is 43.7 Å². The number of sulfonamides is 1. The van der Waals surface area contributed by atoms with Gasteiger partial charge in [0.15, 0.2) is 0 Å². The van der Waals surface area contributed by atoms with Gasteiger partial charge in [-0.2, -0.15) is 0 Å². The highest BCUT2D eigenvalue weighted by atomic mass is 79.9. The lowest BCUT2D eigenvalue weighted by Gasteiger charge is -2.23. The molecule has 26 heavy (non-hydrogen) atoms. The molecular weight excluding hydrogens is 420 g/mol. The predicted octanol–water partition coefficient (Wildman–Crippen LogP) is 3.08. The number of hydrogen-bond donors (Lipinski definition) is 1. The van der Waals surface area contributed by atoms with Crippen LogP contribution in [0.25, 0.3) is 0 Å². The Kier molecular flexibility index (Phi) is 5.15. The fourth-order valence-electron chi connectivity index (χ4n) is 2.82. The number of anilines is 1. The molecule has 0 spiro atoms. The van der Waals surface area contributed by atoms with E-state index >= 15 is 0 Å². The second-order valence-electron chi connectivity index (χ2n) is 6.06. The zero-order chi connectivity index (χ0) is 18.9. The summed E-state index contributed by atoms with van der Waals surface area (Å²) in [5.41, 5.74) is 1.43. The minimum absolute atomic E-state index is 0.00129. The average Bonchev–Trinajstić information content (AvgIpc) is 2.98. The maximum atomic E-state index is 12.9. The van der Waals surface area contributed by atoms with Crippen molar-refractivity contribution in [3.63, 3.8) is 0 Å². The molecule has 3 rings (SSSR count). The van der Waals surface area contributed by atoms with E-state index in [0.717, 1.165) is 10.0 Å². The zero-order valence-corrected chi connectivity index (χ0v) is 16.4. The number of aryl methyl sites for hydroxylation is 1. The van der Waals surface area contributed by atoms with Crippen LogP contribution in [0.4, 0.5) is 5.69 Å². The molecule has 1 saturated heterocycles. The highest BCUT2D eigenvalue weighted by Gasteiger charge is 2.44. The van der Waals surface area contributed by atoms with Crippen LogP contribution in [0.2, 0.25) is 0 Å². The first-order valence-corrected chi connectivity index (χ1v) is 10.2. The van der Waals surface area contributed by atoms with Crippen LogP contribution in [-0.2, 0) is 19.6 Å². The Bertz CT molecular complexity index is 957. The van der Waals surface area contributed by atoms with Gasteiger partial charge in [0.25, 0.3) is 10.0 Å². The van der Waals surface area contributed by atoms with E-state index in [-0.39, 0.29) is 17.7 Å². The Morgan fingerprint density at radius 3 is 2.54 bits per heavy atom. The number of carbonyl (C=O) groups excluding carboxylic acids is 2. The summed E-state index contributed by atoms with van der Waals surface area (Å²) in [5.74, 6) is -1.09. The first-order chi connectivity index (χ1) is 12.3. The summed E-state index contributed by atoms with van der Waals surface area (Å²) >= 11 is 3.31. The molecule has 0 saturated carbocycles. The molecule has 6 nitrogen and oxygen atoms in total. The topological polar surface area (TPSA) is 83.6 Å². The summed E-state index contributed by atoms with van der Waals surface area (Å²) in [7, 11) is -4.09. The molecule has 1 fully saturated rings. The van der Waals surface area contributed by atoms with E-state index in [1.54, 1.807) is 30.3 Å². The third-order valence-corrected chi connectivity index (χ3v) is 6.47.